The lowest BCUT2D eigenvalue weighted by Gasteiger charge is -2.09. The molecule has 0 aliphatic rings. The quantitative estimate of drug-likeness (QED) is 0.845. The van der Waals surface area contributed by atoms with Gasteiger partial charge in [0.15, 0.2) is 11.6 Å². The van der Waals surface area contributed by atoms with Crippen LogP contribution in [0.3, 0.4) is 0 Å². The Balaban J connectivity index is 2.34. The second kappa shape index (κ2) is 6.37. The van der Waals surface area contributed by atoms with E-state index in [0.717, 1.165) is 18.2 Å². The number of carboxylic acids is 1. The van der Waals surface area contributed by atoms with Crippen molar-refractivity contribution >= 4 is 23.6 Å². The second-order valence-corrected chi connectivity index (χ2v) is 4.47. The molecule has 0 fully saturated rings. The van der Waals surface area contributed by atoms with Crippen LogP contribution in [0, 0.1) is 11.6 Å². The molecule has 2 aromatic carbocycles. The highest BCUT2D eigenvalue weighted by Crippen LogP contribution is 2.29. The smallest absolute Gasteiger partial charge is 0.328 e. The van der Waals surface area contributed by atoms with Gasteiger partial charge in [0, 0.05) is 22.7 Å². The molecule has 21 heavy (non-hydrogen) atoms. The zero-order valence-corrected chi connectivity index (χ0v) is 11.3. The van der Waals surface area contributed by atoms with Crippen LogP contribution >= 0.6 is 11.6 Å². The number of hydrogen-bond acceptors (Lipinski definition) is 2. The van der Waals surface area contributed by atoms with Gasteiger partial charge in [0.05, 0.1) is 0 Å². The lowest BCUT2D eigenvalue weighted by atomic mass is 10.2. The fourth-order valence-corrected chi connectivity index (χ4v) is 1.75. The van der Waals surface area contributed by atoms with Crippen molar-refractivity contribution in [3.8, 4) is 11.5 Å². The maximum Gasteiger partial charge on any atom is 0.328 e. The molecule has 0 aliphatic heterocycles. The topological polar surface area (TPSA) is 46.5 Å². The maximum atomic E-state index is 13.1. The molecule has 0 bridgehead atoms. The van der Waals surface area contributed by atoms with Crippen molar-refractivity contribution in [3.05, 3.63) is 64.7 Å². The summed E-state index contributed by atoms with van der Waals surface area (Å²) in [6, 6.07) is 7.63. The van der Waals surface area contributed by atoms with Crippen LogP contribution in [0.25, 0.3) is 6.08 Å². The first-order valence-corrected chi connectivity index (χ1v) is 6.17. The van der Waals surface area contributed by atoms with Crippen molar-refractivity contribution in [1.29, 1.82) is 0 Å². The zero-order chi connectivity index (χ0) is 15.4. The van der Waals surface area contributed by atoms with Gasteiger partial charge in [-0.3, -0.25) is 0 Å². The predicted octanol–water partition coefficient (Wildman–Crippen LogP) is 4.51. The number of halogens is 3. The average Bonchev–Trinajstić information content (AvgIpc) is 2.43. The molecule has 2 rings (SSSR count). The predicted molar refractivity (Wildman–Crippen MR) is 74.6 cm³/mol. The van der Waals surface area contributed by atoms with Crippen molar-refractivity contribution in [2.75, 3.05) is 0 Å². The van der Waals surface area contributed by atoms with E-state index in [1.54, 1.807) is 0 Å². The van der Waals surface area contributed by atoms with Crippen molar-refractivity contribution < 1.29 is 23.4 Å². The summed E-state index contributed by atoms with van der Waals surface area (Å²) in [6.45, 7) is 0. The van der Waals surface area contributed by atoms with Crippen molar-refractivity contribution in [2.45, 2.75) is 0 Å². The summed E-state index contributed by atoms with van der Waals surface area (Å²) in [5.74, 6) is -2.80. The van der Waals surface area contributed by atoms with E-state index >= 15 is 0 Å². The van der Waals surface area contributed by atoms with Crippen LogP contribution in [0.2, 0.25) is 5.02 Å². The first-order valence-electron chi connectivity index (χ1n) is 5.79. The van der Waals surface area contributed by atoms with Gasteiger partial charge in [-0.05, 0) is 36.4 Å². The Bertz CT molecular complexity index is 714. The standard InChI is InChI=1S/C15H9ClF2O3/c16-10-2-5-14(9(7-10)1-6-15(19)20)21-11-3-4-12(17)13(18)8-11/h1-8H,(H,19,20)/b6-1+. The number of carbonyl (C=O) groups is 1. The highest BCUT2D eigenvalue weighted by Gasteiger charge is 2.07. The molecule has 0 amide bonds. The van der Waals surface area contributed by atoms with Gasteiger partial charge in [0.2, 0.25) is 0 Å². The largest absolute Gasteiger partial charge is 0.478 e. The van der Waals surface area contributed by atoms with Crippen LogP contribution in [0.5, 0.6) is 11.5 Å². The molecule has 0 saturated carbocycles. The minimum Gasteiger partial charge on any atom is -0.478 e. The van der Waals surface area contributed by atoms with Gasteiger partial charge < -0.3 is 9.84 Å². The molecule has 1 N–H and O–H groups in total. The van der Waals surface area contributed by atoms with Crippen LogP contribution in [-0.2, 0) is 4.79 Å². The number of rotatable bonds is 4. The SMILES string of the molecule is O=C(O)/C=C/c1cc(Cl)ccc1Oc1ccc(F)c(F)c1. The van der Waals surface area contributed by atoms with E-state index in [0.29, 0.717) is 10.6 Å². The summed E-state index contributed by atoms with van der Waals surface area (Å²) in [5, 5.41) is 9.03. The first kappa shape index (κ1) is 15.0. The lowest BCUT2D eigenvalue weighted by Crippen LogP contribution is -1.91. The highest BCUT2D eigenvalue weighted by atomic mass is 35.5. The van der Waals surface area contributed by atoms with Crippen LogP contribution in [0.15, 0.2) is 42.5 Å². The Morgan fingerprint density at radius 2 is 1.90 bits per heavy atom. The Labute approximate surface area is 124 Å². The molecule has 0 atom stereocenters. The van der Waals surface area contributed by atoms with Gasteiger partial charge >= 0.3 is 5.97 Å². The molecule has 0 heterocycles. The van der Waals surface area contributed by atoms with E-state index in [2.05, 4.69) is 0 Å². The van der Waals surface area contributed by atoms with E-state index < -0.39 is 17.6 Å². The van der Waals surface area contributed by atoms with Crippen molar-refractivity contribution in [2.24, 2.45) is 0 Å². The summed E-state index contributed by atoms with van der Waals surface area (Å²) in [7, 11) is 0. The Kier molecular flexibility index (Phi) is 4.55. The summed E-state index contributed by atoms with van der Waals surface area (Å²) in [4.78, 5) is 10.6. The molecule has 0 radical (unpaired) electrons. The van der Waals surface area contributed by atoms with Gasteiger partial charge in [0.1, 0.15) is 11.5 Å². The molecule has 0 spiro atoms. The molecule has 2 aromatic rings. The third kappa shape index (κ3) is 4.03. The summed E-state index contributed by atoms with van der Waals surface area (Å²) in [6.07, 6.45) is 2.22. The van der Waals surface area contributed by atoms with Crippen molar-refractivity contribution in [1.82, 2.24) is 0 Å². The van der Waals surface area contributed by atoms with Crippen LogP contribution in [-0.4, -0.2) is 11.1 Å². The minimum atomic E-state index is -1.13. The van der Waals surface area contributed by atoms with Gasteiger partial charge in [0.25, 0.3) is 0 Å². The van der Waals surface area contributed by atoms with Crippen LogP contribution in [0.4, 0.5) is 8.78 Å². The maximum absolute atomic E-state index is 13.1. The Morgan fingerprint density at radius 3 is 2.57 bits per heavy atom. The summed E-state index contributed by atoms with van der Waals surface area (Å²) in [5.41, 5.74) is 0.398. The molecule has 0 aliphatic carbocycles. The normalized spacial score (nSPS) is 10.8. The first-order chi connectivity index (χ1) is 9.95. The molecule has 0 aromatic heterocycles. The van der Waals surface area contributed by atoms with E-state index in [1.807, 2.05) is 0 Å². The summed E-state index contributed by atoms with van der Waals surface area (Å²) >= 11 is 5.83. The number of carboxylic acid groups (broad SMARTS) is 1. The fraction of sp³-hybridized carbons (Fsp3) is 0. The second-order valence-electron chi connectivity index (χ2n) is 4.03. The summed E-state index contributed by atoms with van der Waals surface area (Å²) < 4.78 is 31.4. The fourth-order valence-electron chi connectivity index (χ4n) is 1.57. The van der Waals surface area contributed by atoms with E-state index in [9.17, 15) is 13.6 Å². The highest BCUT2D eigenvalue weighted by molar-refractivity contribution is 6.30. The Hall–Kier alpha value is -2.40. The number of hydrogen-bond donors (Lipinski definition) is 1. The monoisotopic (exact) mass is 310 g/mol. The van der Waals surface area contributed by atoms with Crippen LogP contribution < -0.4 is 4.74 Å². The zero-order valence-electron chi connectivity index (χ0n) is 10.5. The third-order valence-electron chi connectivity index (χ3n) is 2.50. The van der Waals surface area contributed by atoms with Gasteiger partial charge in [-0.2, -0.15) is 0 Å². The molecule has 108 valence electrons. The van der Waals surface area contributed by atoms with E-state index in [1.165, 1.54) is 30.3 Å². The molecule has 6 heteroatoms. The Morgan fingerprint density at radius 1 is 1.14 bits per heavy atom. The molecule has 0 saturated heterocycles. The van der Waals surface area contributed by atoms with Gasteiger partial charge in [-0.25, -0.2) is 13.6 Å². The number of benzene rings is 2. The number of aliphatic carboxylic acids is 1. The van der Waals surface area contributed by atoms with E-state index in [4.69, 9.17) is 21.4 Å². The molecule has 0 unspecified atom stereocenters. The molecular weight excluding hydrogens is 302 g/mol. The lowest BCUT2D eigenvalue weighted by molar-refractivity contribution is -0.131. The van der Waals surface area contributed by atoms with Gasteiger partial charge in [-0.1, -0.05) is 11.6 Å². The molecule has 3 nitrogen and oxygen atoms in total. The number of ether oxygens (including phenoxy) is 1. The van der Waals surface area contributed by atoms with Crippen LogP contribution in [0.1, 0.15) is 5.56 Å². The van der Waals surface area contributed by atoms with E-state index in [-0.39, 0.29) is 11.5 Å². The molecular formula is C15H9ClF2O3. The average molecular weight is 311 g/mol. The third-order valence-corrected chi connectivity index (χ3v) is 2.73. The van der Waals surface area contributed by atoms with Gasteiger partial charge in [-0.15, -0.1) is 0 Å². The minimum absolute atomic E-state index is 0.0844. The van der Waals surface area contributed by atoms with Crippen molar-refractivity contribution in [3.63, 3.8) is 0 Å².